The summed E-state index contributed by atoms with van der Waals surface area (Å²) in [6.45, 7) is 0.204. The van der Waals surface area contributed by atoms with Crippen LogP contribution < -0.4 is 14.8 Å². The number of halogens is 1. The average Bonchev–Trinajstić information content (AvgIpc) is 3.15. The zero-order valence-corrected chi connectivity index (χ0v) is 13.1. The highest BCUT2D eigenvalue weighted by molar-refractivity contribution is 9.10. The third-order valence-corrected chi connectivity index (χ3v) is 3.95. The number of hydrogen-bond donors (Lipinski definition) is 1. The van der Waals surface area contributed by atoms with Crippen LogP contribution in [-0.4, -0.2) is 17.3 Å². The first-order chi connectivity index (χ1) is 10.6. The number of aryl methyl sites for hydroxylation is 1. The fourth-order valence-corrected chi connectivity index (χ4v) is 2.86. The molecule has 4 rings (SSSR count). The zero-order chi connectivity index (χ0) is 15.3. The van der Waals surface area contributed by atoms with E-state index in [2.05, 4.69) is 21.2 Å². The number of benzene rings is 1. The quantitative estimate of drug-likeness (QED) is 0.757. The summed E-state index contributed by atoms with van der Waals surface area (Å²) in [4.78, 5) is 12.4. The number of furan rings is 1. The molecule has 0 unspecified atom stereocenters. The molecule has 2 aromatic heterocycles. The molecule has 3 aromatic rings. The molecule has 1 N–H and O–H groups in total. The van der Waals surface area contributed by atoms with Crippen molar-refractivity contribution >= 4 is 38.6 Å². The number of amides is 1. The van der Waals surface area contributed by atoms with Gasteiger partial charge in [0.2, 0.25) is 6.79 Å². The van der Waals surface area contributed by atoms with E-state index in [1.54, 1.807) is 28.8 Å². The first-order valence-corrected chi connectivity index (χ1v) is 7.37. The van der Waals surface area contributed by atoms with Crippen molar-refractivity contribution in [2.24, 2.45) is 7.05 Å². The average molecular weight is 363 g/mol. The second-order valence-corrected chi connectivity index (χ2v) is 5.69. The van der Waals surface area contributed by atoms with E-state index in [0.29, 0.717) is 33.1 Å². The molecular weight excluding hydrogens is 352 g/mol. The van der Waals surface area contributed by atoms with Gasteiger partial charge in [0.1, 0.15) is 5.69 Å². The smallest absolute Gasteiger partial charge is 0.272 e. The lowest BCUT2D eigenvalue weighted by atomic mass is 10.2. The van der Waals surface area contributed by atoms with Gasteiger partial charge >= 0.3 is 0 Å². The van der Waals surface area contributed by atoms with Crippen LogP contribution in [0.3, 0.4) is 0 Å². The van der Waals surface area contributed by atoms with Crippen molar-refractivity contribution in [3.63, 3.8) is 0 Å². The van der Waals surface area contributed by atoms with E-state index in [9.17, 15) is 4.79 Å². The van der Waals surface area contributed by atoms with Gasteiger partial charge in [0.15, 0.2) is 21.8 Å². The molecule has 6 nitrogen and oxygen atoms in total. The van der Waals surface area contributed by atoms with Crippen LogP contribution in [0.15, 0.2) is 39.4 Å². The molecule has 0 aliphatic carbocycles. The Morgan fingerprint density at radius 1 is 1.23 bits per heavy atom. The van der Waals surface area contributed by atoms with Gasteiger partial charge in [-0.25, -0.2) is 0 Å². The maximum absolute atomic E-state index is 12.4. The minimum atomic E-state index is -0.219. The fraction of sp³-hybridized carbons (Fsp3) is 0.133. The zero-order valence-electron chi connectivity index (χ0n) is 11.6. The number of aromatic nitrogens is 1. The van der Waals surface area contributed by atoms with Gasteiger partial charge in [0.25, 0.3) is 5.91 Å². The lowest BCUT2D eigenvalue weighted by Crippen LogP contribution is -2.15. The number of carbonyl (C=O) groups excluding carboxylic acids is 1. The van der Waals surface area contributed by atoms with E-state index < -0.39 is 0 Å². The van der Waals surface area contributed by atoms with Crippen LogP contribution in [0.5, 0.6) is 11.5 Å². The van der Waals surface area contributed by atoms with Crippen molar-refractivity contribution in [3.8, 4) is 11.5 Å². The Labute approximate surface area is 133 Å². The SMILES string of the molecule is Cn1c(C(=O)Nc2ccc3c(c2)OCO3)cc2oc(Br)cc21. The fourth-order valence-electron chi connectivity index (χ4n) is 2.47. The van der Waals surface area contributed by atoms with Gasteiger partial charge in [-0.15, -0.1) is 0 Å². The maximum atomic E-state index is 12.4. The predicted octanol–water partition coefficient (Wildman–Crippen LogP) is 3.51. The largest absolute Gasteiger partial charge is 0.454 e. The summed E-state index contributed by atoms with van der Waals surface area (Å²) < 4.78 is 18.4. The Morgan fingerprint density at radius 2 is 2.05 bits per heavy atom. The Bertz CT molecular complexity index is 896. The van der Waals surface area contributed by atoms with Crippen LogP contribution in [0.25, 0.3) is 11.1 Å². The second kappa shape index (κ2) is 4.81. The molecule has 0 saturated heterocycles. The van der Waals surface area contributed by atoms with Crippen molar-refractivity contribution in [1.29, 1.82) is 0 Å². The molecule has 3 heterocycles. The Balaban J connectivity index is 1.63. The molecule has 1 aromatic carbocycles. The van der Waals surface area contributed by atoms with Crippen molar-refractivity contribution < 1.29 is 18.7 Å². The molecule has 1 aliphatic rings. The monoisotopic (exact) mass is 362 g/mol. The third kappa shape index (κ3) is 2.05. The van der Waals surface area contributed by atoms with Crippen LogP contribution in [0.1, 0.15) is 10.5 Å². The molecule has 0 fully saturated rings. The van der Waals surface area contributed by atoms with Crippen molar-refractivity contribution in [2.45, 2.75) is 0 Å². The van der Waals surface area contributed by atoms with Gasteiger partial charge < -0.3 is 23.8 Å². The van der Waals surface area contributed by atoms with Crippen LogP contribution in [0.4, 0.5) is 5.69 Å². The Morgan fingerprint density at radius 3 is 2.86 bits per heavy atom. The number of nitrogens with one attached hydrogen (secondary N) is 1. The first-order valence-electron chi connectivity index (χ1n) is 6.57. The highest BCUT2D eigenvalue weighted by Gasteiger charge is 2.18. The number of fused-ring (bicyclic) bond motifs is 2. The molecular formula is C15H11BrN2O4. The molecule has 1 amide bonds. The van der Waals surface area contributed by atoms with Crippen molar-refractivity contribution in [2.75, 3.05) is 12.1 Å². The molecule has 22 heavy (non-hydrogen) atoms. The van der Waals surface area contributed by atoms with Crippen molar-refractivity contribution in [1.82, 2.24) is 4.57 Å². The summed E-state index contributed by atoms with van der Waals surface area (Å²) in [5, 5.41) is 2.85. The van der Waals surface area contributed by atoms with Crippen LogP contribution in [0, 0.1) is 0 Å². The molecule has 112 valence electrons. The van der Waals surface area contributed by atoms with Gasteiger partial charge in [0, 0.05) is 30.9 Å². The normalized spacial score (nSPS) is 12.8. The van der Waals surface area contributed by atoms with Crippen LogP contribution in [0.2, 0.25) is 0 Å². The number of hydrogen-bond acceptors (Lipinski definition) is 4. The number of ether oxygens (including phenoxy) is 2. The summed E-state index contributed by atoms with van der Waals surface area (Å²) in [5.41, 5.74) is 2.67. The Hall–Kier alpha value is -2.41. The second-order valence-electron chi connectivity index (χ2n) is 4.91. The summed E-state index contributed by atoms with van der Waals surface area (Å²) in [6.07, 6.45) is 0. The Kier molecular flexibility index (Phi) is 2.90. The maximum Gasteiger partial charge on any atom is 0.272 e. The predicted molar refractivity (Wildman–Crippen MR) is 83.4 cm³/mol. The summed E-state index contributed by atoms with van der Waals surface area (Å²) in [7, 11) is 1.82. The van der Waals surface area contributed by atoms with Gasteiger partial charge in [-0.05, 0) is 28.1 Å². The van der Waals surface area contributed by atoms with E-state index in [1.807, 2.05) is 13.1 Å². The standard InChI is InChI=1S/C15H11BrN2O4/c1-18-9-6-14(16)22-12(9)5-10(18)15(19)17-8-2-3-11-13(4-8)21-7-20-11/h2-6H,7H2,1H3,(H,17,19). The lowest BCUT2D eigenvalue weighted by molar-refractivity contribution is 0.101. The van der Waals surface area contributed by atoms with Gasteiger partial charge in [0.05, 0.1) is 5.52 Å². The first kappa shape index (κ1) is 13.3. The van der Waals surface area contributed by atoms with Gasteiger partial charge in [-0.2, -0.15) is 0 Å². The third-order valence-electron chi connectivity index (χ3n) is 3.56. The number of carbonyl (C=O) groups is 1. The van der Waals surface area contributed by atoms with Crippen molar-refractivity contribution in [3.05, 3.63) is 40.7 Å². The highest BCUT2D eigenvalue weighted by Crippen LogP contribution is 2.34. The van der Waals surface area contributed by atoms with Crippen LogP contribution >= 0.6 is 15.9 Å². The van der Waals surface area contributed by atoms with Crippen LogP contribution in [-0.2, 0) is 7.05 Å². The highest BCUT2D eigenvalue weighted by atomic mass is 79.9. The minimum Gasteiger partial charge on any atom is -0.454 e. The number of rotatable bonds is 2. The summed E-state index contributed by atoms with van der Waals surface area (Å²) >= 11 is 3.28. The number of nitrogens with zero attached hydrogens (tertiary/aromatic N) is 1. The van der Waals surface area contributed by atoms with Gasteiger partial charge in [-0.1, -0.05) is 0 Å². The molecule has 1 aliphatic heterocycles. The van der Waals surface area contributed by atoms with E-state index in [4.69, 9.17) is 13.9 Å². The molecule has 7 heteroatoms. The number of anilines is 1. The minimum absolute atomic E-state index is 0.204. The molecule has 0 spiro atoms. The van der Waals surface area contributed by atoms with E-state index in [-0.39, 0.29) is 12.7 Å². The molecule has 0 bridgehead atoms. The topological polar surface area (TPSA) is 65.6 Å². The lowest BCUT2D eigenvalue weighted by Gasteiger charge is -2.07. The van der Waals surface area contributed by atoms with E-state index in [0.717, 1.165) is 5.52 Å². The van der Waals surface area contributed by atoms with E-state index >= 15 is 0 Å². The molecule has 0 saturated carbocycles. The summed E-state index contributed by atoms with van der Waals surface area (Å²) in [5.74, 6) is 1.09. The summed E-state index contributed by atoms with van der Waals surface area (Å²) in [6, 6.07) is 8.82. The van der Waals surface area contributed by atoms with E-state index in [1.165, 1.54) is 0 Å². The molecule has 0 radical (unpaired) electrons. The molecule has 0 atom stereocenters. The van der Waals surface area contributed by atoms with Gasteiger partial charge in [-0.3, -0.25) is 4.79 Å².